The van der Waals surface area contributed by atoms with Crippen molar-refractivity contribution in [3.05, 3.63) is 64.5 Å². The molecule has 3 aromatic rings. The van der Waals surface area contributed by atoms with Crippen LogP contribution in [0.25, 0.3) is 22.1 Å². The molecule has 1 saturated heterocycles. The number of aryl methyl sites for hydroxylation is 1. The topological polar surface area (TPSA) is 103 Å². The lowest BCUT2D eigenvalue weighted by Crippen LogP contribution is -2.38. The van der Waals surface area contributed by atoms with Gasteiger partial charge in [-0.25, -0.2) is 8.42 Å². The van der Waals surface area contributed by atoms with E-state index in [1.807, 2.05) is 30.3 Å². The Labute approximate surface area is 173 Å². The molecule has 30 heavy (non-hydrogen) atoms. The Balaban J connectivity index is 1.50. The highest BCUT2D eigenvalue weighted by molar-refractivity contribution is 7.91. The number of nitrogens with one attached hydrogen (secondary N) is 1. The van der Waals surface area contributed by atoms with E-state index in [1.165, 1.54) is 0 Å². The summed E-state index contributed by atoms with van der Waals surface area (Å²) in [5, 5.41) is 3.09. The van der Waals surface area contributed by atoms with Gasteiger partial charge in [-0.1, -0.05) is 30.3 Å². The first kappa shape index (κ1) is 20.2. The van der Waals surface area contributed by atoms with E-state index in [9.17, 15) is 18.0 Å². The van der Waals surface area contributed by atoms with Crippen LogP contribution in [0.5, 0.6) is 5.75 Å². The lowest BCUT2D eigenvalue weighted by atomic mass is 10.0. The summed E-state index contributed by atoms with van der Waals surface area (Å²) < 4.78 is 34.3. The van der Waals surface area contributed by atoms with Crippen LogP contribution in [-0.4, -0.2) is 38.5 Å². The fourth-order valence-corrected chi connectivity index (χ4v) is 5.31. The van der Waals surface area contributed by atoms with Crippen molar-refractivity contribution in [2.24, 2.45) is 0 Å². The molecule has 1 aliphatic heterocycles. The van der Waals surface area contributed by atoms with Crippen molar-refractivity contribution < 1.29 is 22.4 Å². The molecule has 2 heterocycles. The highest BCUT2D eigenvalue weighted by Crippen LogP contribution is 2.26. The summed E-state index contributed by atoms with van der Waals surface area (Å²) in [6.45, 7) is 1.48. The second-order valence-corrected chi connectivity index (χ2v) is 9.57. The van der Waals surface area contributed by atoms with E-state index in [-0.39, 0.29) is 29.6 Å². The molecule has 1 aromatic heterocycles. The molecule has 4 rings (SSSR count). The Morgan fingerprint density at radius 3 is 2.67 bits per heavy atom. The van der Waals surface area contributed by atoms with Gasteiger partial charge in [-0.3, -0.25) is 9.59 Å². The molecule has 2 aromatic carbocycles. The quantitative estimate of drug-likeness (QED) is 0.671. The zero-order chi connectivity index (χ0) is 21.3. The van der Waals surface area contributed by atoms with Crippen molar-refractivity contribution in [3.63, 3.8) is 0 Å². The van der Waals surface area contributed by atoms with Crippen molar-refractivity contribution in [2.75, 3.05) is 18.1 Å². The third kappa shape index (κ3) is 4.23. The second kappa shape index (κ2) is 7.95. The van der Waals surface area contributed by atoms with Gasteiger partial charge in [0, 0.05) is 12.1 Å². The van der Waals surface area contributed by atoms with Gasteiger partial charge in [-0.2, -0.15) is 0 Å². The van der Waals surface area contributed by atoms with Crippen molar-refractivity contribution in [1.29, 1.82) is 0 Å². The number of carbonyl (C=O) groups is 1. The van der Waals surface area contributed by atoms with Crippen LogP contribution in [0, 0.1) is 6.92 Å². The highest BCUT2D eigenvalue weighted by Gasteiger charge is 2.28. The minimum absolute atomic E-state index is 0.0388. The van der Waals surface area contributed by atoms with Crippen LogP contribution >= 0.6 is 0 Å². The predicted octanol–water partition coefficient (Wildman–Crippen LogP) is 2.45. The highest BCUT2D eigenvalue weighted by atomic mass is 32.2. The molecule has 1 amide bonds. The third-order valence-corrected chi connectivity index (χ3v) is 6.84. The van der Waals surface area contributed by atoms with E-state index in [0.29, 0.717) is 34.5 Å². The number of ether oxygens (including phenoxy) is 1. The average molecular weight is 427 g/mol. The Bertz CT molecular complexity index is 1260. The van der Waals surface area contributed by atoms with Gasteiger partial charge in [0.05, 0.1) is 22.5 Å². The molecule has 1 N–H and O–H groups in total. The monoisotopic (exact) mass is 427 g/mol. The Hall–Kier alpha value is -3.13. The van der Waals surface area contributed by atoms with E-state index in [4.69, 9.17) is 9.15 Å². The Morgan fingerprint density at radius 2 is 1.97 bits per heavy atom. The summed E-state index contributed by atoms with van der Waals surface area (Å²) in [6.07, 6.45) is 0.415. The summed E-state index contributed by atoms with van der Waals surface area (Å²) in [4.78, 5) is 25.0. The summed E-state index contributed by atoms with van der Waals surface area (Å²) >= 11 is 0. The van der Waals surface area contributed by atoms with Crippen LogP contribution in [-0.2, 0) is 14.6 Å². The Kier molecular flexibility index (Phi) is 5.34. The molecule has 0 saturated carbocycles. The predicted molar refractivity (Wildman–Crippen MR) is 113 cm³/mol. The smallest absolute Gasteiger partial charge is 0.258 e. The number of carbonyl (C=O) groups excluding carboxylic acids is 1. The number of rotatable bonds is 5. The maximum atomic E-state index is 13.0. The molecule has 1 aliphatic rings. The third-order valence-electron chi connectivity index (χ3n) is 5.07. The SMILES string of the molecule is Cc1oc2cc(OCC(=O)N[C@@H]3CCS(=O)(=O)C3)ccc2c(=O)c1-c1ccccc1. The van der Waals surface area contributed by atoms with E-state index in [1.54, 1.807) is 25.1 Å². The minimum Gasteiger partial charge on any atom is -0.484 e. The number of hydrogen-bond acceptors (Lipinski definition) is 6. The average Bonchev–Trinajstić information content (AvgIpc) is 3.05. The van der Waals surface area contributed by atoms with Gasteiger partial charge >= 0.3 is 0 Å². The van der Waals surface area contributed by atoms with E-state index in [0.717, 1.165) is 5.56 Å². The van der Waals surface area contributed by atoms with Crippen LogP contribution in [0.2, 0.25) is 0 Å². The molecule has 0 radical (unpaired) electrons. The molecule has 0 aliphatic carbocycles. The summed E-state index contributed by atoms with van der Waals surface area (Å²) in [7, 11) is -3.06. The van der Waals surface area contributed by atoms with Crippen LogP contribution in [0.15, 0.2) is 57.7 Å². The standard InChI is InChI=1S/C22H21NO6S/c1-14-21(15-5-3-2-4-6-15)22(25)18-8-7-17(11-19(18)29-14)28-12-20(24)23-16-9-10-30(26,27)13-16/h2-8,11,16H,9-10,12-13H2,1H3,(H,23,24)/t16-/m1/s1. The molecule has 8 heteroatoms. The van der Waals surface area contributed by atoms with Crippen molar-refractivity contribution in [1.82, 2.24) is 5.32 Å². The van der Waals surface area contributed by atoms with Gasteiger partial charge in [0.25, 0.3) is 5.91 Å². The van der Waals surface area contributed by atoms with Gasteiger partial charge < -0.3 is 14.5 Å². The first-order valence-corrected chi connectivity index (χ1v) is 11.4. The molecule has 1 atom stereocenters. The van der Waals surface area contributed by atoms with E-state index >= 15 is 0 Å². The lowest BCUT2D eigenvalue weighted by Gasteiger charge is -2.12. The molecule has 0 bridgehead atoms. The molecule has 0 spiro atoms. The maximum Gasteiger partial charge on any atom is 0.258 e. The van der Waals surface area contributed by atoms with Gasteiger partial charge in [0.1, 0.15) is 17.1 Å². The maximum absolute atomic E-state index is 13.0. The van der Waals surface area contributed by atoms with Crippen LogP contribution < -0.4 is 15.5 Å². The normalized spacial score (nSPS) is 17.7. The largest absolute Gasteiger partial charge is 0.484 e. The Morgan fingerprint density at radius 1 is 1.20 bits per heavy atom. The van der Waals surface area contributed by atoms with Gasteiger partial charge in [0.2, 0.25) is 5.43 Å². The van der Waals surface area contributed by atoms with Gasteiger partial charge in [0.15, 0.2) is 16.4 Å². The van der Waals surface area contributed by atoms with Crippen molar-refractivity contribution >= 4 is 26.7 Å². The minimum atomic E-state index is -3.06. The summed E-state index contributed by atoms with van der Waals surface area (Å²) in [5.74, 6) is 0.535. The van der Waals surface area contributed by atoms with Crippen molar-refractivity contribution in [3.8, 4) is 16.9 Å². The molecule has 7 nitrogen and oxygen atoms in total. The molecular formula is C22H21NO6S. The first-order chi connectivity index (χ1) is 14.3. The lowest BCUT2D eigenvalue weighted by molar-refractivity contribution is -0.123. The van der Waals surface area contributed by atoms with E-state index in [2.05, 4.69) is 5.32 Å². The zero-order valence-corrected chi connectivity index (χ0v) is 17.2. The van der Waals surface area contributed by atoms with Crippen LogP contribution in [0.1, 0.15) is 12.2 Å². The second-order valence-electron chi connectivity index (χ2n) is 7.34. The number of sulfone groups is 1. The molecule has 0 unspecified atom stereocenters. The number of hydrogen-bond donors (Lipinski definition) is 1. The summed E-state index contributed by atoms with van der Waals surface area (Å²) in [5.41, 5.74) is 1.54. The molecule has 156 valence electrons. The number of amides is 1. The van der Waals surface area contributed by atoms with Gasteiger partial charge in [-0.05, 0) is 31.0 Å². The van der Waals surface area contributed by atoms with Crippen LogP contribution in [0.4, 0.5) is 0 Å². The van der Waals surface area contributed by atoms with Gasteiger partial charge in [-0.15, -0.1) is 0 Å². The van der Waals surface area contributed by atoms with Crippen molar-refractivity contribution in [2.45, 2.75) is 19.4 Å². The molecular weight excluding hydrogens is 406 g/mol. The molecule has 1 fully saturated rings. The summed E-state index contributed by atoms with van der Waals surface area (Å²) in [6, 6.07) is 13.7. The number of benzene rings is 2. The fraction of sp³-hybridized carbons (Fsp3) is 0.273. The fourth-order valence-electron chi connectivity index (χ4n) is 3.64. The van der Waals surface area contributed by atoms with Crippen LogP contribution in [0.3, 0.4) is 0 Å². The first-order valence-electron chi connectivity index (χ1n) is 9.58. The number of fused-ring (bicyclic) bond motifs is 1. The van der Waals surface area contributed by atoms with E-state index < -0.39 is 15.7 Å². The zero-order valence-electron chi connectivity index (χ0n) is 16.4.